The van der Waals surface area contributed by atoms with Crippen molar-refractivity contribution in [2.75, 3.05) is 39.7 Å². The second-order valence-electron chi connectivity index (χ2n) is 18.2. The first-order valence-corrected chi connectivity index (χ1v) is 20.5. The summed E-state index contributed by atoms with van der Waals surface area (Å²) in [5.74, 6) is 0.680. The highest BCUT2D eigenvalue weighted by molar-refractivity contribution is 5.99. The number of nitrogens with zero attached hydrogens (tertiary/aromatic N) is 2. The number of anilines is 1. The van der Waals surface area contributed by atoms with Gasteiger partial charge in [0.1, 0.15) is 17.9 Å². The third kappa shape index (κ3) is 9.42. The van der Waals surface area contributed by atoms with Crippen LogP contribution >= 0.6 is 0 Å². The highest BCUT2D eigenvalue weighted by atomic mass is 16.7. The van der Waals surface area contributed by atoms with Crippen LogP contribution in [0.2, 0.25) is 0 Å². The summed E-state index contributed by atoms with van der Waals surface area (Å²) in [5.41, 5.74) is 3.17. The van der Waals surface area contributed by atoms with Gasteiger partial charge in [-0.15, -0.1) is 0 Å². The molecular formula is C44H67N5O7. The quantitative estimate of drug-likeness (QED) is 0.153. The average molecular weight is 778 g/mol. The molecule has 2 bridgehead atoms. The smallest absolute Gasteiger partial charge is 0.251 e. The molecule has 0 aromatic heterocycles. The Bertz CT molecular complexity index is 1700. The number of carbonyl (C=O) groups is 3. The fraction of sp³-hybridized carbons (Fsp3) is 0.659. The van der Waals surface area contributed by atoms with E-state index < -0.39 is 24.2 Å². The van der Waals surface area contributed by atoms with E-state index in [9.17, 15) is 24.6 Å². The van der Waals surface area contributed by atoms with E-state index in [4.69, 9.17) is 9.57 Å². The number of benzene rings is 2. The van der Waals surface area contributed by atoms with Crippen LogP contribution in [0.4, 0.5) is 5.69 Å². The summed E-state index contributed by atoms with van der Waals surface area (Å²) in [6.45, 7) is 16.8. The number of methoxy groups -OCH3 is 1. The molecule has 3 saturated carbocycles. The van der Waals surface area contributed by atoms with Gasteiger partial charge >= 0.3 is 0 Å². The Balaban J connectivity index is 1.48. The third-order valence-corrected chi connectivity index (χ3v) is 12.7. The molecule has 4 fully saturated rings. The van der Waals surface area contributed by atoms with Crippen molar-refractivity contribution in [1.29, 1.82) is 0 Å². The number of hydrogen-bond donors (Lipinski definition) is 5. The van der Waals surface area contributed by atoms with Gasteiger partial charge in [0.2, 0.25) is 11.8 Å². The number of ether oxygens (including phenoxy) is 1. The van der Waals surface area contributed by atoms with Crippen molar-refractivity contribution in [2.24, 2.45) is 40.9 Å². The van der Waals surface area contributed by atoms with Gasteiger partial charge in [0.15, 0.2) is 0 Å². The Labute approximate surface area is 334 Å². The van der Waals surface area contributed by atoms with Crippen molar-refractivity contribution in [3.63, 3.8) is 0 Å². The molecule has 0 radical (unpaired) electrons. The van der Waals surface area contributed by atoms with Crippen molar-refractivity contribution in [3.05, 3.63) is 47.5 Å². The van der Waals surface area contributed by atoms with E-state index >= 15 is 0 Å². The molecule has 2 aromatic carbocycles. The van der Waals surface area contributed by atoms with Crippen molar-refractivity contribution in [2.45, 2.75) is 112 Å². The predicted octanol–water partition coefficient (Wildman–Crippen LogP) is 5.32. The Morgan fingerprint density at radius 2 is 1.79 bits per heavy atom. The van der Waals surface area contributed by atoms with E-state index in [2.05, 4.69) is 55.5 Å². The van der Waals surface area contributed by atoms with Crippen LogP contribution in [-0.4, -0.2) is 103 Å². The van der Waals surface area contributed by atoms with Gasteiger partial charge in [0.25, 0.3) is 5.91 Å². The second kappa shape index (κ2) is 17.9. The summed E-state index contributed by atoms with van der Waals surface area (Å²) in [7, 11) is 5.53. The number of hydrogen-bond acceptors (Lipinski definition) is 9. The zero-order valence-electron chi connectivity index (χ0n) is 35.4. The Hall–Kier alpha value is -3.55. The first kappa shape index (κ1) is 43.6. The Kier molecular flexibility index (Phi) is 14.0. The van der Waals surface area contributed by atoms with Crippen LogP contribution < -0.4 is 20.7 Å². The number of rotatable bonds is 16. The number of aliphatic hydroxyl groups is 2. The summed E-state index contributed by atoms with van der Waals surface area (Å²) in [6.07, 6.45) is 1.19. The number of carbonyl (C=O) groups excluding carboxylic acids is 3. The lowest BCUT2D eigenvalue weighted by Crippen LogP contribution is -2.62. The van der Waals surface area contributed by atoms with E-state index in [1.807, 2.05) is 52.2 Å². The van der Waals surface area contributed by atoms with Crippen LogP contribution in [0.3, 0.4) is 0 Å². The molecular weight excluding hydrogens is 711 g/mol. The molecule has 0 unspecified atom stereocenters. The molecule has 3 amide bonds. The molecule has 9 atom stereocenters. The summed E-state index contributed by atoms with van der Waals surface area (Å²) < 4.78 is 6.07. The average Bonchev–Trinajstić information content (AvgIpc) is 3.50. The zero-order chi connectivity index (χ0) is 41.2. The normalized spacial score (nSPS) is 26.8. The molecule has 0 spiro atoms. The third-order valence-electron chi connectivity index (χ3n) is 12.7. The van der Waals surface area contributed by atoms with Crippen molar-refractivity contribution < 1.29 is 34.2 Å². The maximum Gasteiger partial charge on any atom is 0.251 e. The number of aliphatic hydroxyl groups excluding tert-OH is 2. The molecule has 6 rings (SSSR count). The zero-order valence-corrected chi connectivity index (χ0v) is 35.4. The van der Waals surface area contributed by atoms with E-state index in [0.29, 0.717) is 63.9 Å². The lowest BCUT2D eigenvalue weighted by atomic mass is 9.45. The fourth-order valence-corrected chi connectivity index (χ4v) is 9.56. The topological polar surface area (TPSA) is 153 Å². The molecule has 12 heteroatoms. The summed E-state index contributed by atoms with van der Waals surface area (Å²) in [4.78, 5) is 49.4. The van der Waals surface area contributed by atoms with Crippen LogP contribution in [0.5, 0.6) is 5.75 Å². The maximum atomic E-state index is 14.3. The largest absolute Gasteiger partial charge is 0.496 e. The standard InChI is InChI=1S/C44H67N5O7/c1-24(2)15-33(22-48(9)10)46-42(53)30-16-29(17-32(18-30)45-41(52)25(3)4)34-14-12-13-28(40(34)55-11)21-49-39(38(27(6)51)37(23-50)56-49)43(54)47-36-20-31-19-35(26(36)5)44(31,7)8/h12-14,16-18,24-27,31,33,35-39,50-51H,15,19-23H2,1-11H3,(H,45,52)(H,46,53)(H,47,54)/t26-,27-,31-,33-,35-,36-,37-,38+,39-/m0/s1. The number of fused-ring (bicyclic) bond motifs is 2. The van der Waals surface area contributed by atoms with Crippen LogP contribution in [0.1, 0.15) is 90.6 Å². The van der Waals surface area contributed by atoms with Gasteiger partial charge in [-0.3, -0.25) is 19.2 Å². The molecule has 1 heterocycles. The van der Waals surface area contributed by atoms with Gasteiger partial charge in [-0.1, -0.05) is 66.7 Å². The Morgan fingerprint density at radius 1 is 1.07 bits per heavy atom. The van der Waals surface area contributed by atoms with E-state index in [0.717, 1.165) is 12.8 Å². The molecule has 3 aliphatic carbocycles. The lowest BCUT2D eigenvalue weighted by molar-refractivity contribution is -0.183. The second-order valence-corrected chi connectivity index (χ2v) is 18.2. The predicted molar refractivity (Wildman–Crippen MR) is 219 cm³/mol. The van der Waals surface area contributed by atoms with E-state index in [-0.39, 0.29) is 54.3 Å². The van der Waals surface area contributed by atoms with Crippen LogP contribution in [0.25, 0.3) is 11.1 Å². The van der Waals surface area contributed by atoms with Gasteiger partial charge < -0.3 is 35.8 Å². The van der Waals surface area contributed by atoms with E-state index in [1.165, 1.54) is 6.42 Å². The van der Waals surface area contributed by atoms with Crippen LogP contribution in [0, 0.1) is 40.9 Å². The molecule has 1 aliphatic heterocycles. The van der Waals surface area contributed by atoms with Crippen molar-refractivity contribution >= 4 is 23.4 Å². The minimum absolute atomic E-state index is 0.0141. The highest BCUT2D eigenvalue weighted by Crippen LogP contribution is 2.61. The monoisotopic (exact) mass is 778 g/mol. The maximum absolute atomic E-state index is 14.3. The van der Waals surface area contributed by atoms with Crippen molar-refractivity contribution in [1.82, 2.24) is 20.6 Å². The highest BCUT2D eigenvalue weighted by Gasteiger charge is 2.57. The van der Waals surface area contributed by atoms with Gasteiger partial charge in [-0.2, -0.15) is 5.06 Å². The molecule has 2 aromatic rings. The SMILES string of the molecule is COc1c(CN2O[C@@H](CO)[C@@H]([C@H](C)O)[C@H]2C(=O)N[C@H]2C[C@@H]3C[C@@H]([C@@H]2C)C3(C)C)cccc1-c1cc(NC(=O)C(C)C)cc(C(=O)N[C@@H](CC(C)C)CN(C)C)c1. The first-order valence-electron chi connectivity index (χ1n) is 20.5. The minimum Gasteiger partial charge on any atom is -0.496 e. The van der Waals surface area contributed by atoms with Gasteiger partial charge in [-0.25, -0.2) is 0 Å². The number of para-hydroxylation sites is 1. The molecule has 5 N–H and O–H groups in total. The van der Waals surface area contributed by atoms with Gasteiger partial charge in [0.05, 0.1) is 26.4 Å². The fourth-order valence-electron chi connectivity index (χ4n) is 9.56. The van der Waals surface area contributed by atoms with E-state index in [1.54, 1.807) is 31.2 Å². The van der Waals surface area contributed by atoms with Gasteiger partial charge in [0, 0.05) is 52.8 Å². The van der Waals surface area contributed by atoms with Gasteiger partial charge in [-0.05, 0) is 93.1 Å². The number of hydroxylamine groups is 2. The van der Waals surface area contributed by atoms with Crippen molar-refractivity contribution in [3.8, 4) is 16.9 Å². The molecule has 310 valence electrons. The van der Waals surface area contributed by atoms with Crippen LogP contribution in [-0.2, 0) is 21.0 Å². The molecule has 1 saturated heterocycles. The van der Waals surface area contributed by atoms with Crippen LogP contribution in [0.15, 0.2) is 36.4 Å². The summed E-state index contributed by atoms with van der Waals surface area (Å²) in [5, 5.41) is 32.5. The number of nitrogens with one attached hydrogen (secondary N) is 3. The summed E-state index contributed by atoms with van der Waals surface area (Å²) in [6, 6.07) is 10.0. The minimum atomic E-state index is -0.927. The number of likely N-dealkylation sites (N-methyl/N-ethyl adjacent to an activating group) is 1. The Morgan fingerprint density at radius 3 is 2.36 bits per heavy atom. The molecule has 56 heavy (non-hydrogen) atoms. The lowest BCUT2D eigenvalue weighted by Gasteiger charge is -2.62. The number of amides is 3. The first-order chi connectivity index (χ1) is 26.4. The molecule has 4 aliphatic rings. The summed E-state index contributed by atoms with van der Waals surface area (Å²) >= 11 is 0. The molecule has 12 nitrogen and oxygen atoms in total.